The summed E-state index contributed by atoms with van der Waals surface area (Å²) in [5.74, 6) is 3.20. The highest BCUT2D eigenvalue weighted by Gasteiger charge is 2.52. The number of methoxy groups -OCH3 is 1. The van der Waals surface area contributed by atoms with Gasteiger partial charge in [-0.3, -0.25) is 0 Å². The van der Waals surface area contributed by atoms with E-state index < -0.39 is 0 Å². The van der Waals surface area contributed by atoms with E-state index in [2.05, 4.69) is 31.2 Å². The van der Waals surface area contributed by atoms with Gasteiger partial charge in [0.15, 0.2) is 13.1 Å². The molecule has 0 saturated heterocycles. The molecule has 36 heavy (non-hydrogen) atoms. The number of esters is 1. The van der Waals surface area contributed by atoms with Gasteiger partial charge in [0.2, 0.25) is 0 Å². The van der Waals surface area contributed by atoms with E-state index in [1.165, 1.54) is 61.3 Å². The van der Waals surface area contributed by atoms with Crippen molar-refractivity contribution < 1.29 is 23.7 Å². The molecular weight excluding hydrogens is 452 g/mol. The fraction of sp³-hybridized carbons (Fsp3) is 0.581. The summed E-state index contributed by atoms with van der Waals surface area (Å²) in [7, 11) is 1.64. The number of allylic oxidation sites excluding steroid dienone is 5. The average molecular weight is 495 g/mol. The number of rotatable bonds is 11. The predicted molar refractivity (Wildman–Crippen MR) is 143 cm³/mol. The van der Waals surface area contributed by atoms with Gasteiger partial charge in [-0.15, -0.1) is 0 Å². The molecule has 4 aliphatic rings. The highest BCUT2D eigenvalue weighted by molar-refractivity contribution is 5.83. The van der Waals surface area contributed by atoms with Gasteiger partial charge < -0.3 is 18.9 Å². The van der Waals surface area contributed by atoms with Crippen LogP contribution in [0.5, 0.6) is 5.75 Å². The van der Waals surface area contributed by atoms with Gasteiger partial charge >= 0.3 is 5.97 Å². The normalized spacial score (nSPS) is 28.5. The Labute approximate surface area is 216 Å². The third kappa shape index (κ3) is 6.30. The molecule has 1 unspecified atom stereocenters. The van der Waals surface area contributed by atoms with Gasteiger partial charge in [-0.05, 0) is 118 Å². The van der Waals surface area contributed by atoms with Crippen LogP contribution in [0.3, 0.4) is 0 Å². The molecule has 0 radical (unpaired) electrons. The molecule has 4 bridgehead atoms. The lowest BCUT2D eigenvalue weighted by Crippen LogP contribution is -2.48. The first-order valence-electron chi connectivity index (χ1n) is 13.4. The van der Waals surface area contributed by atoms with Crippen molar-refractivity contribution in [2.24, 2.45) is 17.8 Å². The lowest BCUT2D eigenvalue weighted by Gasteiger charge is -2.57. The van der Waals surface area contributed by atoms with Crippen molar-refractivity contribution in [1.82, 2.24) is 0 Å². The lowest BCUT2D eigenvalue weighted by atomic mass is 9.48. The second-order valence-electron chi connectivity index (χ2n) is 11.0. The maximum atomic E-state index is 11.7. The Hall–Kier alpha value is -2.37. The number of carbonyl (C=O) groups excluding carboxylic acids is 1. The summed E-state index contributed by atoms with van der Waals surface area (Å²) in [6.45, 7) is 8.28. The zero-order chi connectivity index (χ0) is 25.7. The van der Waals surface area contributed by atoms with Crippen molar-refractivity contribution in [3.05, 3.63) is 59.2 Å². The highest BCUT2D eigenvalue weighted by atomic mass is 16.7. The van der Waals surface area contributed by atoms with Crippen LogP contribution in [-0.4, -0.2) is 32.8 Å². The molecule has 5 rings (SSSR count). The molecule has 1 atom stereocenters. The molecule has 0 heterocycles. The minimum absolute atomic E-state index is 0.178. The second kappa shape index (κ2) is 11.8. The van der Waals surface area contributed by atoms with E-state index in [0.717, 1.165) is 29.1 Å². The van der Waals surface area contributed by atoms with Gasteiger partial charge in [-0.25, -0.2) is 4.79 Å². The lowest BCUT2D eigenvalue weighted by molar-refractivity contribution is -0.150. The van der Waals surface area contributed by atoms with E-state index >= 15 is 0 Å². The van der Waals surface area contributed by atoms with E-state index in [0.29, 0.717) is 6.61 Å². The molecule has 0 aliphatic heterocycles. The van der Waals surface area contributed by atoms with E-state index in [4.69, 9.17) is 18.9 Å². The SMILES string of the molecule is CCOC(=O)/C=C(C)/C=C/C=C(\C)c1ccc(OCOC(C)OC)c(C23CC4CC(CC(C4)C2)C3)c1. The molecular formula is C31H42O5. The fourth-order valence-electron chi connectivity index (χ4n) is 6.88. The molecule has 4 aliphatic carbocycles. The summed E-state index contributed by atoms with van der Waals surface area (Å²) >= 11 is 0. The zero-order valence-electron chi connectivity index (χ0n) is 22.5. The van der Waals surface area contributed by atoms with E-state index in [-0.39, 0.29) is 24.5 Å². The molecule has 5 heteroatoms. The van der Waals surface area contributed by atoms with Crippen molar-refractivity contribution in [3.8, 4) is 5.75 Å². The highest BCUT2D eigenvalue weighted by Crippen LogP contribution is 2.62. The van der Waals surface area contributed by atoms with E-state index in [9.17, 15) is 4.79 Å². The molecule has 0 N–H and O–H groups in total. The van der Waals surface area contributed by atoms with Crippen LogP contribution in [0.1, 0.15) is 77.3 Å². The van der Waals surface area contributed by atoms with Crippen LogP contribution in [0.25, 0.3) is 5.57 Å². The Kier molecular flexibility index (Phi) is 8.74. The van der Waals surface area contributed by atoms with Crippen LogP contribution in [0.4, 0.5) is 0 Å². The van der Waals surface area contributed by atoms with E-state index in [1.807, 2.05) is 32.9 Å². The predicted octanol–water partition coefficient (Wildman–Crippen LogP) is 6.97. The van der Waals surface area contributed by atoms with Gasteiger partial charge in [-0.2, -0.15) is 0 Å². The number of carbonyl (C=O) groups is 1. The molecule has 5 nitrogen and oxygen atoms in total. The van der Waals surface area contributed by atoms with Crippen LogP contribution in [0, 0.1) is 17.8 Å². The van der Waals surface area contributed by atoms with Crippen LogP contribution >= 0.6 is 0 Å². The number of hydrogen-bond acceptors (Lipinski definition) is 5. The molecule has 4 fully saturated rings. The first-order valence-corrected chi connectivity index (χ1v) is 13.4. The van der Waals surface area contributed by atoms with Gasteiger partial charge in [0.05, 0.1) is 6.61 Å². The molecule has 1 aromatic rings. The molecule has 0 aromatic heterocycles. The Balaban J connectivity index is 1.58. The third-order valence-electron chi connectivity index (χ3n) is 8.23. The van der Waals surface area contributed by atoms with Crippen LogP contribution in [0.2, 0.25) is 0 Å². The van der Waals surface area contributed by atoms with Crippen molar-refractivity contribution in [1.29, 1.82) is 0 Å². The Morgan fingerprint density at radius 3 is 2.39 bits per heavy atom. The summed E-state index contributed by atoms with van der Waals surface area (Å²) in [5.41, 5.74) is 4.80. The summed E-state index contributed by atoms with van der Waals surface area (Å²) in [4.78, 5) is 11.7. The number of benzene rings is 1. The van der Waals surface area contributed by atoms with E-state index in [1.54, 1.807) is 7.11 Å². The smallest absolute Gasteiger partial charge is 0.330 e. The largest absolute Gasteiger partial charge is 0.467 e. The minimum atomic E-state index is -0.306. The Morgan fingerprint density at radius 2 is 1.78 bits per heavy atom. The molecule has 1 aromatic carbocycles. The average Bonchev–Trinajstić information content (AvgIpc) is 2.83. The molecule has 0 spiro atoms. The minimum Gasteiger partial charge on any atom is -0.467 e. The van der Waals surface area contributed by atoms with Crippen molar-refractivity contribution >= 4 is 11.5 Å². The Morgan fingerprint density at radius 1 is 1.11 bits per heavy atom. The maximum absolute atomic E-state index is 11.7. The van der Waals surface area contributed by atoms with Gasteiger partial charge in [0, 0.05) is 18.7 Å². The third-order valence-corrected chi connectivity index (χ3v) is 8.23. The quantitative estimate of drug-likeness (QED) is 0.144. The van der Waals surface area contributed by atoms with Crippen molar-refractivity contribution in [2.45, 2.75) is 77.9 Å². The fourth-order valence-corrected chi connectivity index (χ4v) is 6.88. The van der Waals surface area contributed by atoms with Crippen LogP contribution in [0.15, 0.2) is 48.1 Å². The summed E-state index contributed by atoms with van der Waals surface area (Å²) in [6, 6.07) is 6.63. The number of hydrogen-bond donors (Lipinski definition) is 0. The maximum Gasteiger partial charge on any atom is 0.330 e. The summed E-state index contributed by atoms with van der Waals surface area (Å²) in [5, 5.41) is 0. The monoisotopic (exact) mass is 494 g/mol. The summed E-state index contributed by atoms with van der Waals surface area (Å²) in [6.07, 6.45) is 15.3. The second-order valence-corrected chi connectivity index (χ2v) is 11.0. The first kappa shape index (κ1) is 26.7. The zero-order valence-corrected chi connectivity index (χ0v) is 22.5. The first-order chi connectivity index (χ1) is 17.3. The molecule has 196 valence electrons. The van der Waals surface area contributed by atoms with Crippen LogP contribution in [-0.2, 0) is 24.4 Å². The molecule has 4 saturated carbocycles. The summed E-state index contributed by atoms with van der Waals surface area (Å²) < 4.78 is 22.1. The number of ether oxygens (including phenoxy) is 4. The van der Waals surface area contributed by atoms with Crippen LogP contribution < -0.4 is 4.74 Å². The van der Waals surface area contributed by atoms with Gasteiger partial charge in [0.25, 0.3) is 0 Å². The van der Waals surface area contributed by atoms with Crippen molar-refractivity contribution in [2.75, 3.05) is 20.5 Å². The Bertz CT molecular complexity index is 983. The van der Waals surface area contributed by atoms with Gasteiger partial charge in [-0.1, -0.05) is 24.3 Å². The van der Waals surface area contributed by atoms with Crippen molar-refractivity contribution in [3.63, 3.8) is 0 Å². The molecule has 0 amide bonds. The van der Waals surface area contributed by atoms with Gasteiger partial charge in [0.1, 0.15) is 5.75 Å². The standard InChI is InChI=1S/C31H42O5/c1-6-34-30(32)12-21(2)8-7-9-22(3)27-10-11-29(36-20-35-23(4)33-5)28(16-27)31-17-24-13-25(18-31)15-26(14-24)19-31/h7-12,16,23-26H,6,13-15,17-20H2,1-5H3/b8-7+,21-12+,22-9+. The topological polar surface area (TPSA) is 54.0 Å².